The third kappa shape index (κ3) is 4.96. The molecule has 1 heterocycles. The van der Waals surface area contributed by atoms with E-state index in [-0.39, 0.29) is 24.1 Å². The van der Waals surface area contributed by atoms with Gasteiger partial charge >= 0.3 is 5.97 Å². The van der Waals surface area contributed by atoms with Gasteiger partial charge in [-0.3, -0.25) is 14.4 Å². The van der Waals surface area contributed by atoms with Gasteiger partial charge < -0.3 is 15.1 Å². The monoisotopic (exact) mass is 429 g/mol. The van der Waals surface area contributed by atoms with Crippen LogP contribution in [0.5, 0.6) is 0 Å². The molecule has 2 N–H and O–H groups in total. The van der Waals surface area contributed by atoms with Gasteiger partial charge in [0.2, 0.25) is 0 Å². The van der Waals surface area contributed by atoms with Crippen molar-refractivity contribution in [1.82, 2.24) is 4.90 Å². The lowest BCUT2D eigenvalue weighted by Gasteiger charge is -2.25. The summed E-state index contributed by atoms with van der Waals surface area (Å²) in [7, 11) is 0. The predicted molar refractivity (Wildman–Crippen MR) is 108 cm³/mol. The zero-order chi connectivity index (χ0) is 22.5. The number of benzene rings is 2. The van der Waals surface area contributed by atoms with Crippen molar-refractivity contribution in [1.29, 1.82) is 0 Å². The highest BCUT2D eigenvalue weighted by Gasteiger charge is 2.45. The molecule has 1 aliphatic heterocycles. The number of aliphatic hydroxyl groups is 1. The first-order chi connectivity index (χ1) is 14.8. The molecular formula is C23H21F2NO5. The number of likely N-dealkylation sites (tertiary alicyclic amines) is 1. The number of carboxylic acids is 1. The fraction of sp³-hybridized carbons (Fsp3) is 0.261. The van der Waals surface area contributed by atoms with Crippen molar-refractivity contribution >= 4 is 23.4 Å². The molecule has 6 nitrogen and oxygen atoms in total. The topological polar surface area (TPSA) is 94.9 Å². The molecule has 0 saturated carbocycles. The average Bonchev–Trinajstić information content (AvgIpc) is 2.99. The number of Topliss-reactive ketones (excluding diaryl/α,β-unsaturated/α-hetero) is 1. The van der Waals surface area contributed by atoms with Gasteiger partial charge in [-0.15, -0.1) is 0 Å². The van der Waals surface area contributed by atoms with Crippen LogP contribution in [0.3, 0.4) is 0 Å². The molecule has 1 amide bonds. The maximum atomic E-state index is 13.4. The lowest BCUT2D eigenvalue weighted by molar-refractivity contribution is -0.140. The SMILES string of the molecule is O=C(O)CCCCCN1C(=O)C(=O)C(=C(O)c2ccc(F)cc2)[C@@H]1c1ccc(F)cc1. The van der Waals surface area contributed by atoms with Gasteiger partial charge in [-0.2, -0.15) is 0 Å². The van der Waals surface area contributed by atoms with E-state index in [1.54, 1.807) is 0 Å². The van der Waals surface area contributed by atoms with Crippen LogP contribution in [0.1, 0.15) is 42.9 Å². The zero-order valence-electron chi connectivity index (χ0n) is 16.6. The van der Waals surface area contributed by atoms with Crippen LogP contribution in [0, 0.1) is 11.6 Å². The van der Waals surface area contributed by atoms with E-state index in [0.29, 0.717) is 24.8 Å². The van der Waals surface area contributed by atoms with Crippen molar-refractivity contribution in [3.05, 3.63) is 76.9 Å². The molecule has 1 atom stereocenters. The Hall–Kier alpha value is -3.55. The maximum Gasteiger partial charge on any atom is 0.303 e. The number of carbonyl (C=O) groups excluding carboxylic acids is 2. The third-order valence-corrected chi connectivity index (χ3v) is 5.13. The van der Waals surface area contributed by atoms with Crippen LogP contribution in [0.25, 0.3) is 5.76 Å². The van der Waals surface area contributed by atoms with E-state index in [4.69, 9.17) is 5.11 Å². The molecule has 0 radical (unpaired) electrons. The molecule has 0 bridgehead atoms. The van der Waals surface area contributed by atoms with Crippen LogP contribution >= 0.6 is 0 Å². The van der Waals surface area contributed by atoms with Crippen LogP contribution in [0.15, 0.2) is 54.1 Å². The first-order valence-electron chi connectivity index (χ1n) is 9.81. The number of unbranched alkanes of at least 4 members (excludes halogenated alkanes) is 2. The molecule has 3 rings (SSSR count). The molecule has 2 aromatic rings. The number of ketones is 1. The number of hydrogen-bond donors (Lipinski definition) is 2. The normalized spacial score (nSPS) is 17.9. The van der Waals surface area contributed by atoms with Gasteiger partial charge in [0, 0.05) is 18.5 Å². The second-order valence-electron chi connectivity index (χ2n) is 7.26. The van der Waals surface area contributed by atoms with E-state index in [2.05, 4.69) is 0 Å². The van der Waals surface area contributed by atoms with Gasteiger partial charge in [0.25, 0.3) is 11.7 Å². The minimum absolute atomic E-state index is 0.00474. The molecule has 2 aromatic carbocycles. The lowest BCUT2D eigenvalue weighted by atomic mass is 9.95. The van der Waals surface area contributed by atoms with Gasteiger partial charge in [-0.25, -0.2) is 8.78 Å². The Morgan fingerprint density at radius 2 is 1.45 bits per heavy atom. The summed E-state index contributed by atoms with van der Waals surface area (Å²) in [6.45, 7) is 0.159. The summed E-state index contributed by atoms with van der Waals surface area (Å²) in [5, 5.41) is 19.5. The molecule has 162 valence electrons. The molecule has 0 aliphatic carbocycles. The van der Waals surface area contributed by atoms with Crippen LogP contribution < -0.4 is 0 Å². The zero-order valence-corrected chi connectivity index (χ0v) is 16.6. The quantitative estimate of drug-likeness (QED) is 0.286. The van der Waals surface area contributed by atoms with Crippen molar-refractivity contribution in [2.45, 2.75) is 31.7 Å². The molecule has 1 aliphatic rings. The van der Waals surface area contributed by atoms with E-state index in [9.17, 15) is 28.3 Å². The summed E-state index contributed by atoms with van der Waals surface area (Å²) in [6.07, 6.45) is 1.42. The Morgan fingerprint density at radius 1 is 0.871 bits per heavy atom. The summed E-state index contributed by atoms with van der Waals surface area (Å²) >= 11 is 0. The molecule has 8 heteroatoms. The summed E-state index contributed by atoms with van der Waals surface area (Å²) in [5.41, 5.74) is 0.455. The van der Waals surface area contributed by atoms with Crippen LogP contribution in [0.2, 0.25) is 0 Å². The summed E-state index contributed by atoms with van der Waals surface area (Å²) in [5.74, 6) is -4.06. The lowest BCUT2D eigenvalue weighted by Crippen LogP contribution is -2.30. The molecule has 0 unspecified atom stereocenters. The molecule has 0 aromatic heterocycles. The first-order valence-corrected chi connectivity index (χ1v) is 9.81. The number of halogens is 2. The minimum Gasteiger partial charge on any atom is -0.507 e. The van der Waals surface area contributed by atoms with E-state index < -0.39 is 41.1 Å². The molecule has 1 fully saturated rings. The fourth-order valence-corrected chi connectivity index (χ4v) is 3.60. The van der Waals surface area contributed by atoms with Crippen molar-refractivity contribution in [3.63, 3.8) is 0 Å². The smallest absolute Gasteiger partial charge is 0.303 e. The number of aliphatic hydroxyl groups excluding tert-OH is 1. The Bertz CT molecular complexity index is 1020. The van der Waals surface area contributed by atoms with Gasteiger partial charge in [0.05, 0.1) is 11.6 Å². The highest BCUT2D eigenvalue weighted by Crippen LogP contribution is 2.39. The summed E-state index contributed by atoms with van der Waals surface area (Å²) < 4.78 is 26.7. The Morgan fingerprint density at radius 3 is 2.03 bits per heavy atom. The standard InChI is InChI=1S/C23H21F2NO5/c24-16-9-5-14(6-10-16)20-19(21(29)15-7-11-17(25)12-8-15)22(30)23(31)26(20)13-3-1-2-4-18(27)28/h5-12,20,29H,1-4,13H2,(H,27,28)/t20-/m0/s1. The van der Waals surface area contributed by atoms with Gasteiger partial charge in [-0.1, -0.05) is 18.6 Å². The number of hydrogen-bond acceptors (Lipinski definition) is 4. The highest BCUT2D eigenvalue weighted by atomic mass is 19.1. The second-order valence-corrected chi connectivity index (χ2v) is 7.26. The molecule has 1 saturated heterocycles. The molecule has 0 spiro atoms. The van der Waals surface area contributed by atoms with Crippen molar-refractivity contribution in [2.75, 3.05) is 6.54 Å². The number of nitrogens with zero attached hydrogens (tertiary/aromatic N) is 1. The second kappa shape index (κ2) is 9.51. The van der Waals surface area contributed by atoms with E-state index in [1.807, 2.05) is 0 Å². The number of carboxylic acid groups (broad SMARTS) is 1. The Balaban J connectivity index is 1.96. The summed E-state index contributed by atoms with van der Waals surface area (Å²) in [6, 6.07) is 9.16. The Kier molecular flexibility index (Phi) is 6.79. The minimum atomic E-state index is -0.940. The third-order valence-electron chi connectivity index (χ3n) is 5.13. The van der Waals surface area contributed by atoms with Crippen LogP contribution in [0.4, 0.5) is 8.78 Å². The van der Waals surface area contributed by atoms with Crippen molar-refractivity contribution in [2.24, 2.45) is 0 Å². The number of carbonyl (C=O) groups is 3. The fourth-order valence-electron chi connectivity index (χ4n) is 3.60. The molecule has 31 heavy (non-hydrogen) atoms. The predicted octanol–water partition coefficient (Wildman–Crippen LogP) is 4.03. The average molecular weight is 429 g/mol. The number of aliphatic carboxylic acids is 1. The maximum absolute atomic E-state index is 13.4. The summed E-state index contributed by atoms with van der Waals surface area (Å²) in [4.78, 5) is 37.5. The van der Waals surface area contributed by atoms with E-state index >= 15 is 0 Å². The van der Waals surface area contributed by atoms with Gasteiger partial charge in [0.1, 0.15) is 17.4 Å². The van der Waals surface area contributed by atoms with E-state index in [1.165, 1.54) is 41.3 Å². The number of amides is 1. The highest BCUT2D eigenvalue weighted by molar-refractivity contribution is 6.46. The van der Waals surface area contributed by atoms with E-state index in [0.717, 1.165) is 12.1 Å². The first kappa shape index (κ1) is 22.1. The van der Waals surface area contributed by atoms with Crippen molar-refractivity contribution in [3.8, 4) is 0 Å². The largest absolute Gasteiger partial charge is 0.507 e. The molecular weight excluding hydrogens is 408 g/mol. The van der Waals surface area contributed by atoms with Crippen LogP contribution in [-0.2, 0) is 14.4 Å². The van der Waals surface area contributed by atoms with Crippen molar-refractivity contribution < 1.29 is 33.4 Å². The van der Waals surface area contributed by atoms with Gasteiger partial charge in [0.15, 0.2) is 0 Å². The number of rotatable bonds is 8. The Labute approximate surface area is 177 Å². The van der Waals surface area contributed by atoms with Gasteiger partial charge in [-0.05, 0) is 54.8 Å². The van der Waals surface area contributed by atoms with Crippen LogP contribution in [-0.4, -0.2) is 39.3 Å².